The molecule has 2 aromatic rings. The molecule has 5 heteroatoms. The number of carbonyl (C=O) groups excluding carboxylic acids is 2. The largest absolute Gasteiger partial charge is 0.496 e. The van der Waals surface area contributed by atoms with E-state index in [1.54, 1.807) is 19.2 Å². The molecule has 0 N–H and O–H groups in total. The number of ketones is 1. The van der Waals surface area contributed by atoms with Crippen LogP contribution in [0.15, 0.2) is 48.5 Å². The Hall–Kier alpha value is -2.82. The molecular weight excluding hydrogens is 340 g/mol. The van der Waals surface area contributed by atoms with Crippen molar-refractivity contribution in [1.82, 2.24) is 4.90 Å². The number of para-hydroxylation sites is 2. The maximum absolute atomic E-state index is 13.1. The van der Waals surface area contributed by atoms with E-state index < -0.39 is 0 Å². The number of hydrogen-bond donors (Lipinski definition) is 0. The summed E-state index contributed by atoms with van der Waals surface area (Å²) in [5.74, 6) is 0.414. The lowest BCUT2D eigenvalue weighted by Gasteiger charge is -2.33. The number of piperidine rings is 1. The minimum atomic E-state index is -0.203. The summed E-state index contributed by atoms with van der Waals surface area (Å²) in [5.41, 5.74) is 2.15. The van der Waals surface area contributed by atoms with E-state index in [4.69, 9.17) is 4.74 Å². The van der Waals surface area contributed by atoms with E-state index in [0.717, 1.165) is 18.5 Å². The topological polar surface area (TPSA) is 49.9 Å². The number of methoxy groups -OCH3 is 1. The number of hydrogen-bond acceptors (Lipinski definition) is 4. The maximum Gasteiger partial charge on any atom is 0.255 e. The first kappa shape index (κ1) is 19.0. The fourth-order valence-corrected chi connectivity index (χ4v) is 3.66. The van der Waals surface area contributed by atoms with Crippen molar-refractivity contribution in [3.05, 3.63) is 59.7 Å². The summed E-state index contributed by atoms with van der Waals surface area (Å²) >= 11 is 0. The van der Waals surface area contributed by atoms with Crippen LogP contribution < -0.4 is 9.64 Å². The van der Waals surface area contributed by atoms with Gasteiger partial charge in [-0.15, -0.1) is 0 Å². The molecule has 0 aromatic heterocycles. The fraction of sp³-hybridized carbons (Fsp3) is 0.364. The molecule has 1 fully saturated rings. The molecule has 1 saturated heterocycles. The zero-order valence-electron chi connectivity index (χ0n) is 16.1. The minimum absolute atomic E-state index is 0.0168. The second kappa shape index (κ2) is 8.25. The highest BCUT2D eigenvalue weighted by Crippen LogP contribution is 2.28. The lowest BCUT2D eigenvalue weighted by molar-refractivity contribution is 0.0637. The van der Waals surface area contributed by atoms with Crippen molar-refractivity contribution >= 4 is 17.4 Å². The summed E-state index contributed by atoms with van der Waals surface area (Å²) in [4.78, 5) is 29.9. The second-order valence-electron chi connectivity index (χ2n) is 7.07. The highest BCUT2D eigenvalue weighted by molar-refractivity contribution is 6.02. The lowest BCUT2D eigenvalue weighted by atomic mass is 9.89. The number of rotatable bonds is 5. The first-order valence-electron chi connectivity index (χ1n) is 9.25. The zero-order valence-corrected chi connectivity index (χ0v) is 16.1. The van der Waals surface area contributed by atoms with Gasteiger partial charge in [0.2, 0.25) is 0 Å². The van der Waals surface area contributed by atoms with Crippen LogP contribution in [-0.4, -0.2) is 50.9 Å². The van der Waals surface area contributed by atoms with E-state index in [-0.39, 0.29) is 17.6 Å². The Morgan fingerprint density at radius 3 is 2.41 bits per heavy atom. The number of Topliss-reactive ketones (excluding diaryl/α,β-unsaturated/α-hetero) is 1. The Kier molecular flexibility index (Phi) is 5.79. The van der Waals surface area contributed by atoms with Crippen molar-refractivity contribution < 1.29 is 14.3 Å². The van der Waals surface area contributed by atoms with E-state index in [2.05, 4.69) is 0 Å². The van der Waals surface area contributed by atoms with Gasteiger partial charge in [-0.2, -0.15) is 0 Å². The summed E-state index contributed by atoms with van der Waals surface area (Å²) in [6.07, 6.45) is 1.61. The summed E-state index contributed by atoms with van der Waals surface area (Å²) in [6, 6.07) is 14.9. The van der Waals surface area contributed by atoms with E-state index in [9.17, 15) is 9.59 Å². The van der Waals surface area contributed by atoms with Gasteiger partial charge in [0.05, 0.1) is 18.2 Å². The van der Waals surface area contributed by atoms with Crippen LogP contribution in [0.25, 0.3) is 0 Å². The van der Waals surface area contributed by atoms with Gasteiger partial charge < -0.3 is 14.5 Å². The van der Waals surface area contributed by atoms with Gasteiger partial charge in [0.15, 0.2) is 5.78 Å². The van der Waals surface area contributed by atoms with Crippen molar-refractivity contribution in [2.24, 2.45) is 5.92 Å². The van der Waals surface area contributed by atoms with E-state index in [1.165, 1.54) is 0 Å². The molecule has 1 aliphatic rings. The van der Waals surface area contributed by atoms with Crippen molar-refractivity contribution in [1.29, 1.82) is 0 Å². The summed E-state index contributed by atoms with van der Waals surface area (Å²) in [5, 5.41) is 0. The third-order valence-electron chi connectivity index (χ3n) is 5.07. The molecule has 0 bridgehead atoms. The van der Waals surface area contributed by atoms with Crippen LogP contribution in [0.5, 0.6) is 5.75 Å². The molecule has 2 aromatic carbocycles. The van der Waals surface area contributed by atoms with Gasteiger partial charge in [-0.1, -0.05) is 24.3 Å². The smallest absolute Gasteiger partial charge is 0.255 e. The van der Waals surface area contributed by atoms with Crippen molar-refractivity contribution in [2.75, 3.05) is 39.2 Å². The molecule has 1 atom stereocenters. The van der Waals surface area contributed by atoms with E-state index in [0.29, 0.717) is 30.0 Å². The molecular formula is C22H26N2O3. The van der Waals surface area contributed by atoms with Gasteiger partial charge in [0.1, 0.15) is 5.75 Å². The SMILES string of the molecule is COc1ccccc1C(=O)[C@H]1CCCN(C(=O)c2ccccc2N(C)C)C1. The van der Waals surface area contributed by atoms with Crippen LogP contribution in [-0.2, 0) is 0 Å². The molecule has 1 aliphatic heterocycles. The van der Waals surface area contributed by atoms with Gasteiger partial charge in [-0.3, -0.25) is 9.59 Å². The molecule has 5 nitrogen and oxygen atoms in total. The Morgan fingerprint density at radius 1 is 1.04 bits per heavy atom. The molecule has 1 amide bonds. The van der Waals surface area contributed by atoms with E-state index in [1.807, 2.05) is 60.3 Å². The average Bonchev–Trinajstić information content (AvgIpc) is 2.72. The molecule has 27 heavy (non-hydrogen) atoms. The highest BCUT2D eigenvalue weighted by atomic mass is 16.5. The predicted molar refractivity (Wildman–Crippen MR) is 107 cm³/mol. The average molecular weight is 366 g/mol. The van der Waals surface area contributed by atoms with Crippen LogP contribution in [0.4, 0.5) is 5.69 Å². The van der Waals surface area contributed by atoms with Crippen LogP contribution in [0, 0.1) is 5.92 Å². The van der Waals surface area contributed by atoms with Gasteiger partial charge in [-0.25, -0.2) is 0 Å². The van der Waals surface area contributed by atoms with Crippen molar-refractivity contribution in [3.63, 3.8) is 0 Å². The van der Waals surface area contributed by atoms with Gasteiger partial charge >= 0.3 is 0 Å². The quantitative estimate of drug-likeness (QED) is 0.760. The van der Waals surface area contributed by atoms with Crippen LogP contribution >= 0.6 is 0 Å². The van der Waals surface area contributed by atoms with Gasteiger partial charge in [0.25, 0.3) is 5.91 Å². The number of benzene rings is 2. The Morgan fingerprint density at radius 2 is 1.70 bits per heavy atom. The number of anilines is 1. The normalized spacial score (nSPS) is 16.7. The fourth-order valence-electron chi connectivity index (χ4n) is 3.66. The lowest BCUT2D eigenvalue weighted by Crippen LogP contribution is -2.42. The zero-order chi connectivity index (χ0) is 19.4. The minimum Gasteiger partial charge on any atom is -0.496 e. The Labute approximate surface area is 160 Å². The standard InChI is InChI=1S/C22H26N2O3/c1-23(2)19-12-6-4-10-17(19)22(26)24-14-8-9-16(15-24)21(25)18-11-5-7-13-20(18)27-3/h4-7,10-13,16H,8-9,14-15H2,1-3H3/t16-/m0/s1. The summed E-state index contributed by atoms with van der Waals surface area (Å²) in [7, 11) is 5.42. The van der Waals surface area contributed by atoms with Crippen LogP contribution in [0.1, 0.15) is 33.6 Å². The highest BCUT2D eigenvalue weighted by Gasteiger charge is 2.31. The molecule has 1 heterocycles. The Balaban J connectivity index is 1.80. The van der Waals surface area contributed by atoms with Crippen molar-refractivity contribution in [2.45, 2.75) is 12.8 Å². The van der Waals surface area contributed by atoms with Crippen molar-refractivity contribution in [3.8, 4) is 5.75 Å². The Bertz CT molecular complexity index is 832. The van der Waals surface area contributed by atoms with Crippen LogP contribution in [0.2, 0.25) is 0 Å². The summed E-state index contributed by atoms with van der Waals surface area (Å²) in [6.45, 7) is 1.12. The molecule has 0 aliphatic carbocycles. The number of carbonyl (C=O) groups is 2. The first-order chi connectivity index (χ1) is 13.0. The third kappa shape index (κ3) is 3.97. The third-order valence-corrected chi connectivity index (χ3v) is 5.07. The first-order valence-corrected chi connectivity index (χ1v) is 9.25. The molecule has 0 spiro atoms. The van der Waals surface area contributed by atoms with Crippen LogP contribution in [0.3, 0.4) is 0 Å². The second-order valence-corrected chi connectivity index (χ2v) is 7.07. The molecule has 0 saturated carbocycles. The monoisotopic (exact) mass is 366 g/mol. The summed E-state index contributed by atoms with van der Waals surface area (Å²) < 4.78 is 5.34. The molecule has 3 rings (SSSR count). The molecule has 0 radical (unpaired) electrons. The van der Waals surface area contributed by atoms with Gasteiger partial charge in [0, 0.05) is 38.8 Å². The molecule has 0 unspecified atom stereocenters. The maximum atomic E-state index is 13.1. The van der Waals surface area contributed by atoms with E-state index >= 15 is 0 Å². The molecule has 142 valence electrons. The number of likely N-dealkylation sites (tertiary alicyclic amines) is 1. The number of nitrogens with zero attached hydrogens (tertiary/aromatic N) is 2. The number of ether oxygens (including phenoxy) is 1. The van der Waals surface area contributed by atoms with Gasteiger partial charge in [-0.05, 0) is 37.1 Å². The number of amides is 1. The predicted octanol–water partition coefficient (Wildman–Crippen LogP) is 3.50.